The van der Waals surface area contributed by atoms with E-state index in [1.165, 1.54) is 21.3 Å². The van der Waals surface area contributed by atoms with Gasteiger partial charge in [-0.15, -0.1) is 12.4 Å². The standard InChI is InChI=1S/C14H22N2O4.ClH/c1-9(15-2)8-16-14(17)10-6-12(19-4)13(20-5)7-11(10)18-3;/h6-7,9,15H,8H2,1-5H3,(H,16,17);1H. The van der Waals surface area contributed by atoms with Crippen molar-refractivity contribution in [1.82, 2.24) is 10.6 Å². The van der Waals surface area contributed by atoms with Crippen molar-refractivity contribution in [3.05, 3.63) is 17.7 Å². The lowest BCUT2D eigenvalue weighted by Crippen LogP contribution is -2.37. The zero-order valence-corrected chi connectivity index (χ0v) is 13.8. The monoisotopic (exact) mass is 318 g/mol. The van der Waals surface area contributed by atoms with Crippen molar-refractivity contribution >= 4 is 18.3 Å². The quantitative estimate of drug-likeness (QED) is 0.797. The molecule has 1 unspecified atom stereocenters. The third kappa shape index (κ3) is 4.99. The lowest BCUT2D eigenvalue weighted by Gasteiger charge is -2.15. The molecule has 0 saturated heterocycles. The van der Waals surface area contributed by atoms with Crippen LogP contribution in [-0.4, -0.2) is 46.9 Å². The van der Waals surface area contributed by atoms with Crippen molar-refractivity contribution in [3.63, 3.8) is 0 Å². The summed E-state index contributed by atoms with van der Waals surface area (Å²) in [7, 11) is 6.41. The zero-order chi connectivity index (χ0) is 15.1. The van der Waals surface area contributed by atoms with Crippen molar-refractivity contribution in [2.24, 2.45) is 0 Å². The van der Waals surface area contributed by atoms with Crippen molar-refractivity contribution in [2.45, 2.75) is 13.0 Å². The summed E-state index contributed by atoms with van der Waals surface area (Å²) in [5, 5.41) is 5.89. The van der Waals surface area contributed by atoms with Gasteiger partial charge in [-0.1, -0.05) is 0 Å². The fourth-order valence-corrected chi connectivity index (χ4v) is 1.65. The average molecular weight is 319 g/mol. The summed E-state index contributed by atoms with van der Waals surface area (Å²) in [6.07, 6.45) is 0. The van der Waals surface area contributed by atoms with Crippen LogP contribution in [0.5, 0.6) is 17.2 Å². The largest absolute Gasteiger partial charge is 0.496 e. The van der Waals surface area contributed by atoms with E-state index in [0.717, 1.165) is 0 Å². The van der Waals surface area contributed by atoms with Gasteiger partial charge in [0.2, 0.25) is 0 Å². The number of hydrogen-bond acceptors (Lipinski definition) is 5. The van der Waals surface area contributed by atoms with Crippen LogP contribution in [0.2, 0.25) is 0 Å². The van der Waals surface area contributed by atoms with Crippen molar-refractivity contribution in [1.29, 1.82) is 0 Å². The van der Waals surface area contributed by atoms with E-state index in [0.29, 0.717) is 29.4 Å². The van der Waals surface area contributed by atoms with Crippen LogP contribution in [0.4, 0.5) is 0 Å². The number of benzene rings is 1. The summed E-state index contributed by atoms with van der Waals surface area (Å²) in [6.45, 7) is 2.50. The molecule has 1 aromatic carbocycles. The van der Waals surface area contributed by atoms with Gasteiger partial charge in [-0.05, 0) is 14.0 Å². The predicted octanol–water partition coefficient (Wildman–Crippen LogP) is 1.47. The summed E-state index contributed by atoms with van der Waals surface area (Å²) in [6, 6.07) is 3.43. The molecule has 0 heterocycles. The highest BCUT2D eigenvalue weighted by Gasteiger charge is 2.17. The Morgan fingerprint density at radius 3 is 2.10 bits per heavy atom. The van der Waals surface area contributed by atoms with Crippen molar-refractivity contribution in [2.75, 3.05) is 34.9 Å². The maximum atomic E-state index is 12.2. The Hall–Kier alpha value is -1.66. The molecule has 0 bridgehead atoms. The number of carbonyl (C=O) groups excluding carboxylic acids is 1. The molecule has 0 radical (unpaired) electrons. The summed E-state index contributed by atoms with van der Waals surface area (Å²) in [5.74, 6) is 1.23. The maximum absolute atomic E-state index is 12.2. The molecular weight excluding hydrogens is 296 g/mol. The minimum atomic E-state index is -0.218. The Balaban J connectivity index is 0.00000400. The van der Waals surface area contributed by atoms with E-state index in [2.05, 4.69) is 10.6 Å². The van der Waals surface area contributed by atoms with Gasteiger partial charge in [0.1, 0.15) is 5.75 Å². The molecule has 120 valence electrons. The molecule has 1 rings (SSSR count). The van der Waals surface area contributed by atoms with E-state index in [4.69, 9.17) is 14.2 Å². The maximum Gasteiger partial charge on any atom is 0.255 e. The molecule has 0 aliphatic carbocycles. The van der Waals surface area contributed by atoms with E-state index in [9.17, 15) is 4.79 Å². The van der Waals surface area contributed by atoms with E-state index in [1.807, 2.05) is 14.0 Å². The molecule has 0 aliphatic rings. The lowest BCUT2D eigenvalue weighted by molar-refractivity contribution is 0.0947. The number of carbonyl (C=O) groups is 1. The molecule has 0 fully saturated rings. The van der Waals surface area contributed by atoms with Crippen LogP contribution >= 0.6 is 12.4 Å². The summed E-state index contributed by atoms with van der Waals surface area (Å²) in [4.78, 5) is 12.2. The van der Waals surface area contributed by atoms with Gasteiger partial charge in [0, 0.05) is 24.7 Å². The fourth-order valence-electron chi connectivity index (χ4n) is 1.65. The smallest absolute Gasteiger partial charge is 0.255 e. The molecule has 7 heteroatoms. The summed E-state index contributed by atoms with van der Waals surface area (Å²) in [5.41, 5.74) is 0.411. The van der Waals surface area contributed by atoms with Crippen molar-refractivity contribution < 1.29 is 19.0 Å². The SMILES string of the molecule is CNC(C)CNC(=O)c1cc(OC)c(OC)cc1OC.Cl. The second-order valence-corrected chi connectivity index (χ2v) is 4.31. The topological polar surface area (TPSA) is 68.8 Å². The van der Waals surface area contributed by atoms with Crippen LogP contribution in [0.1, 0.15) is 17.3 Å². The average Bonchev–Trinajstić information content (AvgIpc) is 2.50. The van der Waals surface area contributed by atoms with Gasteiger partial charge in [-0.2, -0.15) is 0 Å². The van der Waals surface area contributed by atoms with Crippen LogP contribution in [0.3, 0.4) is 0 Å². The number of hydrogen-bond donors (Lipinski definition) is 2. The molecule has 1 atom stereocenters. The van der Waals surface area contributed by atoms with Gasteiger partial charge in [0.05, 0.1) is 26.9 Å². The van der Waals surface area contributed by atoms with Crippen LogP contribution in [0.15, 0.2) is 12.1 Å². The Morgan fingerprint density at radius 1 is 1.10 bits per heavy atom. The third-order valence-electron chi connectivity index (χ3n) is 3.01. The molecule has 1 amide bonds. The first-order valence-electron chi connectivity index (χ1n) is 6.32. The van der Waals surface area contributed by atoms with Gasteiger partial charge >= 0.3 is 0 Å². The van der Waals surface area contributed by atoms with E-state index < -0.39 is 0 Å². The molecular formula is C14H23ClN2O4. The van der Waals surface area contributed by atoms with Crippen LogP contribution in [0.25, 0.3) is 0 Å². The predicted molar refractivity (Wildman–Crippen MR) is 84.2 cm³/mol. The van der Waals surface area contributed by atoms with E-state index >= 15 is 0 Å². The molecule has 0 aliphatic heterocycles. The summed E-state index contributed by atoms with van der Waals surface area (Å²) < 4.78 is 15.6. The van der Waals surface area contributed by atoms with E-state index in [-0.39, 0.29) is 24.4 Å². The minimum Gasteiger partial charge on any atom is -0.496 e. The van der Waals surface area contributed by atoms with Gasteiger partial charge < -0.3 is 24.8 Å². The Kier molecular flexibility index (Phi) is 8.57. The molecule has 1 aromatic rings. The number of nitrogens with one attached hydrogen (secondary N) is 2. The number of ether oxygens (including phenoxy) is 3. The number of rotatable bonds is 7. The molecule has 0 aromatic heterocycles. The lowest BCUT2D eigenvalue weighted by atomic mass is 10.1. The highest BCUT2D eigenvalue weighted by atomic mass is 35.5. The van der Waals surface area contributed by atoms with Gasteiger partial charge in [-0.3, -0.25) is 4.79 Å². The highest BCUT2D eigenvalue weighted by molar-refractivity contribution is 5.97. The molecule has 6 nitrogen and oxygen atoms in total. The Bertz CT molecular complexity index is 469. The second kappa shape index (κ2) is 9.31. The van der Waals surface area contributed by atoms with Gasteiger partial charge in [-0.25, -0.2) is 0 Å². The minimum absolute atomic E-state index is 0. The zero-order valence-electron chi connectivity index (χ0n) is 13.0. The molecule has 0 saturated carbocycles. The van der Waals surface area contributed by atoms with E-state index in [1.54, 1.807) is 12.1 Å². The second-order valence-electron chi connectivity index (χ2n) is 4.31. The first-order chi connectivity index (χ1) is 9.57. The molecule has 2 N–H and O–H groups in total. The molecule has 21 heavy (non-hydrogen) atoms. The highest BCUT2D eigenvalue weighted by Crippen LogP contribution is 2.34. The van der Waals surface area contributed by atoms with Crippen LogP contribution < -0.4 is 24.8 Å². The normalized spacial score (nSPS) is 11.1. The third-order valence-corrected chi connectivity index (χ3v) is 3.01. The number of halogens is 1. The fraction of sp³-hybridized carbons (Fsp3) is 0.500. The number of methoxy groups -OCH3 is 3. The van der Waals surface area contributed by atoms with Crippen LogP contribution in [0, 0.1) is 0 Å². The first-order valence-corrected chi connectivity index (χ1v) is 6.32. The van der Waals surface area contributed by atoms with Crippen LogP contribution in [-0.2, 0) is 0 Å². The Morgan fingerprint density at radius 2 is 1.62 bits per heavy atom. The van der Waals surface area contributed by atoms with Gasteiger partial charge in [0.15, 0.2) is 11.5 Å². The summed E-state index contributed by atoms with van der Waals surface area (Å²) >= 11 is 0. The first kappa shape index (κ1) is 19.3. The van der Waals surface area contributed by atoms with Crippen molar-refractivity contribution in [3.8, 4) is 17.2 Å². The Labute approximate surface area is 131 Å². The number of amides is 1. The molecule has 0 spiro atoms. The number of likely N-dealkylation sites (N-methyl/N-ethyl adjacent to an activating group) is 1. The van der Waals surface area contributed by atoms with Gasteiger partial charge in [0.25, 0.3) is 5.91 Å².